The maximum atomic E-state index is 11.2. The number of rotatable bonds is 3. The van der Waals surface area contributed by atoms with Crippen molar-refractivity contribution >= 4 is 11.7 Å². The van der Waals surface area contributed by atoms with Crippen molar-refractivity contribution in [2.45, 2.75) is 24.9 Å². The number of nitrogens with one attached hydrogen (secondary N) is 1. The lowest BCUT2D eigenvalue weighted by atomic mass is 10.0. The average molecular weight is 333 g/mol. The van der Waals surface area contributed by atoms with Crippen LogP contribution in [0.15, 0.2) is 18.2 Å². The fraction of sp³-hybridized carbons (Fsp3) is 0.588. The number of carbonyl (C=O) groups is 1. The van der Waals surface area contributed by atoms with E-state index in [9.17, 15) is 9.90 Å². The van der Waals surface area contributed by atoms with Crippen molar-refractivity contribution in [1.82, 2.24) is 10.2 Å². The molecule has 2 fully saturated rings. The standard InChI is InChI=1S/C17H23N3O4/c21-17(22)14-10-20(8-5-18-14)12-3-6-19(7-4-12)13-1-2-15-16(9-13)24-11-23-15/h1-2,9,12,14,18H,3-8,10-11H2,(H,21,22). The van der Waals surface area contributed by atoms with Gasteiger partial charge in [0.2, 0.25) is 6.79 Å². The molecule has 3 aliphatic rings. The third-order valence-electron chi connectivity index (χ3n) is 5.21. The number of piperazine rings is 1. The lowest BCUT2D eigenvalue weighted by molar-refractivity contribution is -0.141. The van der Waals surface area contributed by atoms with Gasteiger partial charge in [-0.2, -0.15) is 0 Å². The molecule has 3 aliphatic heterocycles. The van der Waals surface area contributed by atoms with Gasteiger partial charge in [-0.1, -0.05) is 0 Å². The first-order chi connectivity index (χ1) is 11.7. The predicted molar refractivity (Wildman–Crippen MR) is 88.8 cm³/mol. The average Bonchev–Trinajstić information content (AvgIpc) is 3.09. The Morgan fingerprint density at radius 2 is 1.96 bits per heavy atom. The summed E-state index contributed by atoms with van der Waals surface area (Å²) in [5, 5.41) is 12.3. The Morgan fingerprint density at radius 3 is 2.75 bits per heavy atom. The van der Waals surface area contributed by atoms with Crippen LogP contribution in [0.3, 0.4) is 0 Å². The van der Waals surface area contributed by atoms with Gasteiger partial charge >= 0.3 is 5.97 Å². The second kappa shape index (κ2) is 6.49. The summed E-state index contributed by atoms with van der Waals surface area (Å²) in [6, 6.07) is 6.13. The zero-order chi connectivity index (χ0) is 16.5. The Morgan fingerprint density at radius 1 is 1.17 bits per heavy atom. The van der Waals surface area contributed by atoms with Gasteiger partial charge in [-0.25, -0.2) is 0 Å². The summed E-state index contributed by atoms with van der Waals surface area (Å²) in [6.45, 7) is 4.54. The number of benzene rings is 1. The summed E-state index contributed by atoms with van der Waals surface area (Å²) >= 11 is 0. The third-order valence-corrected chi connectivity index (χ3v) is 5.21. The van der Waals surface area contributed by atoms with E-state index < -0.39 is 12.0 Å². The molecule has 0 bridgehead atoms. The first-order valence-electron chi connectivity index (χ1n) is 8.55. The van der Waals surface area contributed by atoms with E-state index in [0.29, 0.717) is 19.4 Å². The van der Waals surface area contributed by atoms with Gasteiger partial charge in [-0.3, -0.25) is 9.69 Å². The summed E-state index contributed by atoms with van der Waals surface area (Å²) in [5.41, 5.74) is 1.17. The number of piperidine rings is 1. The van der Waals surface area contributed by atoms with Crippen LogP contribution in [0.2, 0.25) is 0 Å². The molecule has 0 spiro atoms. The maximum Gasteiger partial charge on any atom is 0.322 e. The molecule has 1 unspecified atom stereocenters. The fourth-order valence-electron chi connectivity index (χ4n) is 3.84. The molecule has 7 nitrogen and oxygen atoms in total. The molecule has 0 aromatic heterocycles. The predicted octanol–water partition coefficient (Wildman–Crippen LogP) is 0.742. The molecule has 2 N–H and O–H groups in total. The van der Waals surface area contributed by atoms with Gasteiger partial charge < -0.3 is 24.8 Å². The highest BCUT2D eigenvalue weighted by atomic mass is 16.7. The highest BCUT2D eigenvalue weighted by Gasteiger charge is 2.31. The summed E-state index contributed by atoms with van der Waals surface area (Å²) in [7, 11) is 0. The van der Waals surface area contributed by atoms with Crippen LogP contribution in [0.5, 0.6) is 11.5 Å². The summed E-state index contributed by atoms with van der Waals surface area (Å²) in [6.07, 6.45) is 2.11. The van der Waals surface area contributed by atoms with Crippen molar-refractivity contribution in [3.63, 3.8) is 0 Å². The van der Waals surface area contributed by atoms with Crippen LogP contribution < -0.4 is 19.7 Å². The number of carboxylic acids is 1. The van der Waals surface area contributed by atoms with Crippen molar-refractivity contribution < 1.29 is 19.4 Å². The monoisotopic (exact) mass is 333 g/mol. The zero-order valence-corrected chi connectivity index (χ0v) is 13.6. The minimum absolute atomic E-state index is 0.300. The molecular formula is C17H23N3O4. The molecule has 4 rings (SSSR count). The quantitative estimate of drug-likeness (QED) is 0.845. The highest BCUT2D eigenvalue weighted by molar-refractivity contribution is 5.73. The second-order valence-electron chi connectivity index (χ2n) is 6.60. The van der Waals surface area contributed by atoms with Gasteiger partial charge in [0, 0.05) is 50.5 Å². The molecule has 1 aromatic rings. The number of nitrogens with zero attached hydrogens (tertiary/aromatic N) is 2. The first kappa shape index (κ1) is 15.5. The van der Waals surface area contributed by atoms with Crippen LogP contribution >= 0.6 is 0 Å². The highest BCUT2D eigenvalue weighted by Crippen LogP contribution is 2.36. The van der Waals surface area contributed by atoms with Crippen LogP contribution in [0.4, 0.5) is 5.69 Å². The number of hydrogen-bond acceptors (Lipinski definition) is 6. The Bertz CT molecular complexity index is 616. The largest absolute Gasteiger partial charge is 0.480 e. The molecule has 24 heavy (non-hydrogen) atoms. The molecule has 0 aliphatic carbocycles. The van der Waals surface area contributed by atoms with E-state index in [1.54, 1.807) is 0 Å². The number of aliphatic carboxylic acids is 1. The normalized spacial score (nSPS) is 25.0. The number of ether oxygens (including phenoxy) is 2. The van der Waals surface area contributed by atoms with Crippen molar-refractivity contribution in [3.8, 4) is 11.5 Å². The van der Waals surface area contributed by atoms with Gasteiger partial charge in [0.15, 0.2) is 11.5 Å². The van der Waals surface area contributed by atoms with Gasteiger partial charge in [-0.05, 0) is 25.0 Å². The molecule has 0 amide bonds. The molecule has 1 aromatic carbocycles. The lowest BCUT2D eigenvalue weighted by Crippen LogP contribution is -2.58. The minimum Gasteiger partial charge on any atom is -0.480 e. The summed E-state index contributed by atoms with van der Waals surface area (Å²) in [5.74, 6) is 0.882. The van der Waals surface area contributed by atoms with Gasteiger partial charge in [0.05, 0.1) is 0 Å². The fourth-order valence-corrected chi connectivity index (χ4v) is 3.84. The molecule has 0 radical (unpaired) electrons. The van der Waals surface area contributed by atoms with Crippen molar-refractivity contribution in [3.05, 3.63) is 18.2 Å². The Labute approximate surface area is 141 Å². The van der Waals surface area contributed by atoms with E-state index in [0.717, 1.165) is 50.5 Å². The zero-order valence-electron chi connectivity index (χ0n) is 13.6. The summed E-state index contributed by atoms with van der Waals surface area (Å²) < 4.78 is 10.8. The van der Waals surface area contributed by atoms with Crippen molar-refractivity contribution in [2.75, 3.05) is 44.4 Å². The lowest BCUT2D eigenvalue weighted by Gasteiger charge is -2.42. The minimum atomic E-state index is -0.752. The van der Waals surface area contributed by atoms with E-state index in [1.165, 1.54) is 5.69 Å². The van der Waals surface area contributed by atoms with E-state index in [1.807, 2.05) is 12.1 Å². The van der Waals surface area contributed by atoms with Crippen LogP contribution in [-0.4, -0.2) is 67.6 Å². The van der Waals surface area contributed by atoms with Gasteiger partial charge in [0.25, 0.3) is 0 Å². The van der Waals surface area contributed by atoms with E-state index in [2.05, 4.69) is 21.2 Å². The number of hydrogen-bond donors (Lipinski definition) is 2. The Kier molecular flexibility index (Phi) is 4.20. The molecule has 7 heteroatoms. The first-order valence-corrected chi connectivity index (χ1v) is 8.55. The van der Waals surface area contributed by atoms with E-state index in [-0.39, 0.29) is 0 Å². The smallest absolute Gasteiger partial charge is 0.322 e. The molecule has 1 atom stereocenters. The van der Waals surface area contributed by atoms with E-state index >= 15 is 0 Å². The Balaban J connectivity index is 1.36. The van der Waals surface area contributed by atoms with Gasteiger partial charge in [-0.15, -0.1) is 0 Å². The van der Waals surface area contributed by atoms with Crippen LogP contribution in [-0.2, 0) is 4.79 Å². The number of carboxylic acid groups (broad SMARTS) is 1. The molecule has 130 valence electrons. The van der Waals surface area contributed by atoms with Crippen LogP contribution in [0.1, 0.15) is 12.8 Å². The third kappa shape index (κ3) is 3.01. The molecule has 0 saturated carbocycles. The molecular weight excluding hydrogens is 310 g/mol. The molecule has 2 saturated heterocycles. The van der Waals surface area contributed by atoms with Crippen LogP contribution in [0, 0.1) is 0 Å². The second-order valence-corrected chi connectivity index (χ2v) is 6.60. The van der Waals surface area contributed by atoms with Crippen molar-refractivity contribution in [1.29, 1.82) is 0 Å². The van der Waals surface area contributed by atoms with E-state index in [4.69, 9.17) is 9.47 Å². The Hall–Kier alpha value is -1.99. The summed E-state index contributed by atoms with van der Waals surface area (Å²) in [4.78, 5) is 15.9. The van der Waals surface area contributed by atoms with Crippen LogP contribution in [0.25, 0.3) is 0 Å². The SMILES string of the molecule is O=C(O)C1CN(C2CCN(c3ccc4c(c3)OCO4)CC2)CCN1. The number of anilines is 1. The van der Waals surface area contributed by atoms with Crippen molar-refractivity contribution in [2.24, 2.45) is 0 Å². The van der Waals surface area contributed by atoms with Gasteiger partial charge in [0.1, 0.15) is 6.04 Å². The topological polar surface area (TPSA) is 74.3 Å². The number of fused-ring (bicyclic) bond motifs is 1. The maximum absolute atomic E-state index is 11.2. The molecule has 3 heterocycles.